The molecule has 106 valence electrons. The smallest absolute Gasteiger partial charge is 0.0208 e. The van der Waals surface area contributed by atoms with Gasteiger partial charge in [-0.15, -0.1) is 0 Å². The second-order valence-electron chi connectivity index (χ2n) is 6.37. The maximum Gasteiger partial charge on any atom is 0.0208 e. The molecule has 1 aliphatic rings. The highest BCUT2D eigenvalue weighted by Crippen LogP contribution is 2.29. The Morgan fingerprint density at radius 1 is 1.21 bits per heavy atom. The Bertz CT molecular complexity index is 371. The molecule has 0 radical (unpaired) electrons. The first-order chi connectivity index (χ1) is 9.13. The quantitative estimate of drug-likeness (QED) is 0.790. The molecule has 0 amide bonds. The monoisotopic (exact) mass is 323 g/mol. The topological polar surface area (TPSA) is 12.0 Å². The van der Waals surface area contributed by atoms with Gasteiger partial charge in [0.15, 0.2) is 0 Å². The van der Waals surface area contributed by atoms with Crippen molar-refractivity contribution < 1.29 is 0 Å². The maximum absolute atomic E-state index is 3.75. The molecular weight excluding hydrogens is 298 g/mol. The predicted molar refractivity (Wildman–Crippen MR) is 86.2 cm³/mol. The summed E-state index contributed by atoms with van der Waals surface area (Å²) in [5.74, 6) is 1.78. The molecule has 2 rings (SSSR count). The molecule has 2 unspecified atom stereocenters. The van der Waals surface area contributed by atoms with Crippen molar-refractivity contribution in [2.24, 2.45) is 11.8 Å². The SMILES string of the molecule is CC(C)CC1CCCC(NCc2ccc(Br)cc2)C1. The Kier molecular flexibility index (Phi) is 5.90. The van der Waals surface area contributed by atoms with Crippen LogP contribution in [0, 0.1) is 11.8 Å². The highest BCUT2D eigenvalue weighted by atomic mass is 79.9. The van der Waals surface area contributed by atoms with Gasteiger partial charge in [-0.3, -0.25) is 0 Å². The van der Waals surface area contributed by atoms with E-state index < -0.39 is 0 Å². The van der Waals surface area contributed by atoms with Crippen LogP contribution in [-0.2, 0) is 6.54 Å². The maximum atomic E-state index is 3.75. The van der Waals surface area contributed by atoms with E-state index in [1.165, 1.54) is 37.7 Å². The summed E-state index contributed by atoms with van der Waals surface area (Å²) in [6, 6.07) is 9.37. The van der Waals surface area contributed by atoms with E-state index in [4.69, 9.17) is 0 Å². The minimum absolute atomic E-state index is 0.723. The van der Waals surface area contributed by atoms with Crippen molar-refractivity contribution in [2.75, 3.05) is 0 Å². The molecule has 0 aromatic heterocycles. The Hall–Kier alpha value is -0.340. The highest BCUT2D eigenvalue weighted by molar-refractivity contribution is 9.10. The summed E-state index contributed by atoms with van der Waals surface area (Å²) < 4.78 is 1.16. The van der Waals surface area contributed by atoms with E-state index in [-0.39, 0.29) is 0 Å². The number of nitrogens with one attached hydrogen (secondary N) is 1. The molecule has 1 nitrogen and oxygen atoms in total. The first-order valence-corrected chi connectivity index (χ1v) is 8.40. The van der Waals surface area contributed by atoms with E-state index in [0.29, 0.717) is 0 Å². The zero-order valence-corrected chi connectivity index (χ0v) is 13.7. The van der Waals surface area contributed by atoms with Crippen LogP contribution in [0.4, 0.5) is 0 Å². The fourth-order valence-electron chi connectivity index (χ4n) is 3.22. The van der Waals surface area contributed by atoms with E-state index in [0.717, 1.165) is 28.9 Å². The molecule has 0 aliphatic heterocycles. The average Bonchev–Trinajstić information content (AvgIpc) is 2.38. The lowest BCUT2D eigenvalue weighted by molar-refractivity contribution is 0.252. The zero-order valence-electron chi connectivity index (χ0n) is 12.2. The molecule has 1 N–H and O–H groups in total. The Labute approximate surface area is 126 Å². The fraction of sp³-hybridized carbons (Fsp3) is 0.647. The van der Waals surface area contributed by atoms with Gasteiger partial charge in [-0.25, -0.2) is 0 Å². The van der Waals surface area contributed by atoms with Gasteiger partial charge >= 0.3 is 0 Å². The van der Waals surface area contributed by atoms with Crippen LogP contribution in [-0.4, -0.2) is 6.04 Å². The second-order valence-corrected chi connectivity index (χ2v) is 7.28. The summed E-state index contributed by atoms with van der Waals surface area (Å²) in [5.41, 5.74) is 1.38. The molecule has 1 saturated carbocycles. The molecule has 0 heterocycles. The van der Waals surface area contributed by atoms with Gasteiger partial charge in [-0.1, -0.05) is 54.8 Å². The van der Waals surface area contributed by atoms with Gasteiger partial charge in [-0.2, -0.15) is 0 Å². The Morgan fingerprint density at radius 3 is 2.63 bits per heavy atom. The van der Waals surface area contributed by atoms with E-state index in [2.05, 4.69) is 59.4 Å². The minimum Gasteiger partial charge on any atom is -0.310 e. The second kappa shape index (κ2) is 7.44. The molecule has 0 saturated heterocycles. The summed E-state index contributed by atoms with van der Waals surface area (Å²) in [6.07, 6.45) is 6.96. The number of hydrogen-bond donors (Lipinski definition) is 1. The van der Waals surface area contributed by atoms with Crippen LogP contribution in [0.2, 0.25) is 0 Å². The lowest BCUT2D eigenvalue weighted by Gasteiger charge is -2.31. The highest BCUT2D eigenvalue weighted by Gasteiger charge is 2.22. The molecule has 1 aromatic rings. The van der Waals surface area contributed by atoms with Crippen LogP contribution in [0.1, 0.15) is 51.5 Å². The molecule has 2 heteroatoms. The van der Waals surface area contributed by atoms with Crippen molar-refractivity contribution in [2.45, 2.75) is 58.5 Å². The Morgan fingerprint density at radius 2 is 1.95 bits per heavy atom. The number of rotatable bonds is 5. The van der Waals surface area contributed by atoms with Crippen molar-refractivity contribution in [1.29, 1.82) is 0 Å². The minimum atomic E-state index is 0.723. The molecule has 1 fully saturated rings. The third-order valence-corrected chi connectivity index (χ3v) is 4.62. The average molecular weight is 324 g/mol. The van der Waals surface area contributed by atoms with Crippen LogP contribution in [0.3, 0.4) is 0 Å². The van der Waals surface area contributed by atoms with E-state index in [9.17, 15) is 0 Å². The third-order valence-electron chi connectivity index (χ3n) is 4.10. The first-order valence-electron chi connectivity index (χ1n) is 7.61. The zero-order chi connectivity index (χ0) is 13.7. The molecule has 19 heavy (non-hydrogen) atoms. The van der Waals surface area contributed by atoms with Gasteiger partial charge < -0.3 is 5.32 Å². The van der Waals surface area contributed by atoms with Crippen LogP contribution < -0.4 is 5.32 Å². The van der Waals surface area contributed by atoms with Crippen LogP contribution in [0.15, 0.2) is 28.7 Å². The number of hydrogen-bond acceptors (Lipinski definition) is 1. The van der Waals surface area contributed by atoms with Crippen molar-refractivity contribution >= 4 is 15.9 Å². The van der Waals surface area contributed by atoms with Gasteiger partial charge in [-0.05, 0) is 48.8 Å². The van der Waals surface area contributed by atoms with E-state index >= 15 is 0 Å². The van der Waals surface area contributed by atoms with Crippen molar-refractivity contribution in [1.82, 2.24) is 5.32 Å². The Balaban J connectivity index is 1.77. The van der Waals surface area contributed by atoms with Crippen molar-refractivity contribution in [3.8, 4) is 0 Å². The standard InChI is InChI=1S/C17H26BrN/c1-13(2)10-15-4-3-5-17(11-15)19-12-14-6-8-16(18)9-7-14/h6-9,13,15,17,19H,3-5,10-12H2,1-2H3. The summed E-state index contributed by atoms with van der Waals surface area (Å²) >= 11 is 3.48. The molecular formula is C17H26BrN. The lowest BCUT2D eigenvalue weighted by Crippen LogP contribution is -2.34. The predicted octanol–water partition coefficient (Wildman–Crippen LogP) is 5.14. The largest absolute Gasteiger partial charge is 0.310 e. The van der Waals surface area contributed by atoms with Gasteiger partial charge in [0, 0.05) is 17.1 Å². The van der Waals surface area contributed by atoms with E-state index in [1.54, 1.807) is 0 Å². The normalized spacial score (nSPS) is 23.8. The van der Waals surface area contributed by atoms with Crippen LogP contribution in [0.5, 0.6) is 0 Å². The van der Waals surface area contributed by atoms with Crippen LogP contribution in [0.25, 0.3) is 0 Å². The first kappa shape index (κ1) is 15.1. The van der Waals surface area contributed by atoms with Gasteiger partial charge in [0.2, 0.25) is 0 Å². The fourth-order valence-corrected chi connectivity index (χ4v) is 3.49. The molecule has 0 bridgehead atoms. The summed E-state index contributed by atoms with van der Waals surface area (Å²) in [5, 5.41) is 3.75. The van der Waals surface area contributed by atoms with Crippen LogP contribution >= 0.6 is 15.9 Å². The van der Waals surface area contributed by atoms with Gasteiger partial charge in [0.1, 0.15) is 0 Å². The van der Waals surface area contributed by atoms with Gasteiger partial charge in [0.25, 0.3) is 0 Å². The van der Waals surface area contributed by atoms with Crippen molar-refractivity contribution in [3.63, 3.8) is 0 Å². The van der Waals surface area contributed by atoms with Gasteiger partial charge in [0.05, 0.1) is 0 Å². The summed E-state index contributed by atoms with van der Waals surface area (Å²) in [4.78, 5) is 0. The summed E-state index contributed by atoms with van der Waals surface area (Å²) in [7, 11) is 0. The molecule has 2 atom stereocenters. The molecule has 1 aliphatic carbocycles. The third kappa shape index (κ3) is 5.27. The number of benzene rings is 1. The number of halogens is 1. The molecule has 1 aromatic carbocycles. The molecule has 0 spiro atoms. The summed E-state index contributed by atoms with van der Waals surface area (Å²) in [6.45, 7) is 5.70. The van der Waals surface area contributed by atoms with E-state index in [1.807, 2.05) is 0 Å². The lowest BCUT2D eigenvalue weighted by atomic mass is 9.81. The van der Waals surface area contributed by atoms with Crippen molar-refractivity contribution in [3.05, 3.63) is 34.3 Å².